The Balaban J connectivity index is 2.15. The lowest BCUT2D eigenvalue weighted by Gasteiger charge is -2.24. The predicted octanol–water partition coefficient (Wildman–Crippen LogP) is 2.93. The van der Waals surface area contributed by atoms with Crippen LogP contribution in [-0.2, 0) is 6.54 Å². The van der Waals surface area contributed by atoms with Crippen LogP contribution in [0.2, 0.25) is 0 Å². The third-order valence-corrected chi connectivity index (χ3v) is 4.13. The van der Waals surface area contributed by atoms with E-state index in [-0.39, 0.29) is 0 Å². The molecule has 1 aromatic heterocycles. The van der Waals surface area contributed by atoms with Gasteiger partial charge in [-0.05, 0) is 30.2 Å². The van der Waals surface area contributed by atoms with E-state index in [0.29, 0.717) is 12.6 Å². The SMILES string of the molecule is CC1CC(C)N(c2ncc(CN)c3ccccc23)C1. The average Bonchev–Trinajstić information content (AvgIpc) is 2.76. The van der Waals surface area contributed by atoms with Gasteiger partial charge >= 0.3 is 0 Å². The minimum atomic E-state index is 0.541. The van der Waals surface area contributed by atoms with Gasteiger partial charge in [0.25, 0.3) is 0 Å². The lowest BCUT2D eigenvalue weighted by Crippen LogP contribution is -2.27. The van der Waals surface area contributed by atoms with Gasteiger partial charge < -0.3 is 10.6 Å². The van der Waals surface area contributed by atoms with E-state index in [2.05, 4.69) is 43.0 Å². The number of nitrogens with zero attached hydrogens (tertiary/aromatic N) is 2. The third-order valence-electron chi connectivity index (χ3n) is 4.13. The molecule has 0 amide bonds. The molecule has 3 nitrogen and oxygen atoms in total. The molecule has 0 spiro atoms. The molecule has 0 radical (unpaired) electrons. The van der Waals surface area contributed by atoms with E-state index >= 15 is 0 Å². The maximum absolute atomic E-state index is 5.82. The Morgan fingerprint density at radius 3 is 2.63 bits per heavy atom. The van der Waals surface area contributed by atoms with Crippen molar-refractivity contribution in [3.05, 3.63) is 36.0 Å². The molecule has 1 saturated heterocycles. The highest BCUT2D eigenvalue weighted by molar-refractivity contribution is 5.94. The van der Waals surface area contributed by atoms with Crippen molar-refractivity contribution in [2.24, 2.45) is 11.7 Å². The van der Waals surface area contributed by atoms with Gasteiger partial charge in [0.1, 0.15) is 5.82 Å². The van der Waals surface area contributed by atoms with Crippen LogP contribution in [0.1, 0.15) is 25.8 Å². The fourth-order valence-electron chi connectivity index (χ4n) is 3.22. The monoisotopic (exact) mass is 255 g/mol. The number of hydrogen-bond donors (Lipinski definition) is 1. The predicted molar refractivity (Wildman–Crippen MR) is 80.2 cm³/mol. The Bertz CT molecular complexity index is 594. The molecule has 19 heavy (non-hydrogen) atoms. The summed E-state index contributed by atoms with van der Waals surface area (Å²) in [6.07, 6.45) is 3.18. The molecule has 3 heteroatoms. The smallest absolute Gasteiger partial charge is 0.136 e. The number of pyridine rings is 1. The van der Waals surface area contributed by atoms with Crippen molar-refractivity contribution >= 4 is 16.6 Å². The van der Waals surface area contributed by atoms with Crippen LogP contribution in [0.15, 0.2) is 30.5 Å². The van der Waals surface area contributed by atoms with E-state index in [1.807, 2.05) is 6.20 Å². The maximum Gasteiger partial charge on any atom is 0.136 e. The largest absolute Gasteiger partial charge is 0.353 e. The van der Waals surface area contributed by atoms with E-state index in [4.69, 9.17) is 10.7 Å². The van der Waals surface area contributed by atoms with Gasteiger partial charge in [0.2, 0.25) is 0 Å². The van der Waals surface area contributed by atoms with Crippen molar-refractivity contribution in [1.82, 2.24) is 4.98 Å². The summed E-state index contributed by atoms with van der Waals surface area (Å²) < 4.78 is 0. The molecule has 2 heterocycles. The highest BCUT2D eigenvalue weighted by Crippen LogP contribution is 2.33. The van der Waals surface area contributed by atoms with Crippen LogP contribution in [0.5, 0.6) is 0 Å². The molecule has 1 aromatic carbocycles. The molecule has 2 atom stereocenters. The zero-order valence-corrected chi connectivity index (χ0v) is 11.6. The van der Waals surface area contributed by atoms with Crippen molar-refractivity contribution in [3.63, 3.8) is 0 Å². The first kappa shape index (κ1) is 12.4. The number of nitrogens with two attached hydrogens (primary N) is 1. The number of fused-ring (bicyclic) bond motifs is 1. The average molecular weight is 255 g/mol. The lowest BCUT2D eigenvalue weighted by molar-refractivity contribution is 0.625. The van der Waals surface area contributed by atoms with Crippen molar-refractivity contribution < 1.29 is 0 Å². The zero-order valence-electron chi connectivity index (χ0n) is 11.6. The van der Waals surface area contributed by atoms with Crippen LogP contribution in [0.25, 0.3) is 10.8 Å². The molecule has 1 aliphatic heterocycles. The van der Waals surface area contributed by atoms with Gasteiger partial charge in [0, 0.05) is 30.7 Å². The number of hydrogen-bond acceptors (Lipinski definition) is 3. The highest BCUT2D eigenvalue weighted by atomic mass is 15.2. The van der Waals surface area contributed by atoms with Crippen LogP contribution in [0, 0.1) is 5.92 Å². The fourth-order valence-corrected chi connectivity index (χ4v) is 3.22. The second kappa shape index (κ2) is 4.82. The Kier molecular flexibility index (Phi) is 3.15. The Hall–Kier alpha value is -1.61. The summed E-state index contributed by atoms with van der Waals surface area (Å²) in [6.45, 7) is 6.24. The fraction of sp³-hybridized carbons (Fsp3) is 0.438. The first-order valence-electron chi connectivity index (χ1n) is 7.04. The zero-order chi connectivity index (χ0) is 13.4. The second-order valence-electron chi connectivity index (χ2n) is 5.70. The summed E-state index contributed by atoms with van der Waals surface area (Å²) in [5.41, 5.74) is 6.94. The lowest BCUT2D eigenvalue weighted by atomic mass is 10.1. The van der Waals surface area contributed by atoms with Gasteiger partial charge in [-0.25, -0.2) is 4.98 Å². The first-order valence-corrected chi connectivity index (χ1v) is 7.04. The molecule has 2 N–H and O–H groups in total. The van der Waals surface area contributed by atoms with Crippen LogP contribution in [-0.4, -0.2) is 17.6 Å². The summed E-state index contributed by atoms with van der Waals surface area (Å²) in [6, 6.07) is 9.02. The number of rotatable bonds is 2. The van der Waals surface area contributed by atoms with E-state index in [1.165, 1.54) is 17.2 Å². The molecule has 2 unspecified atom stereocenters. The Morgan fingerprint density at radius 2 is 2.00 bits per heavy atom. The summed E-state index contributed by atoms with van der Waals surface area (Å²) in [5, 5.41) is 2.47. The van der Waals surface area contributed by atoms with Gasteiger partial charge in [0.05, 0.1) is 0 Å². The molecule has 0 aliphatic carbocycles. The maximum atomic E-state index is 5.82. The minimum absolute atomic E-state index is 0.541. The van der Waals surface area contributed by atoms with Gasteiger partial charge in [-0.3, -0.25) is 0 Å². The van der Waals surface area contributed by atoms with Crippen molar-refractivity contribution in [2.45, 2.75) is 32.9 Å². The third kappa shape index (κ3) is 2.08. The van der Waals surface area contributed by atoms with Crippen LogP contribution in [0.4, 0.5) is 5.82 Å². The van der Waals surface area contributed by atoms with Gasteiger partial charge in [0.15, 0.2) is 0 Å². The minimum Gasteiger partial charge on any atom is -0.353 e. The number of aromatic nitrogens is 1. The van der Waals surface area contributed by atoms with Crippen LogP contribution >= 0.6 is 0 Å². The number of benzene rings is 1. The van der Waals surface area contributed by atoms with E-state index < -0.39 is 0 Å². The first-order chi connectivity index (χ1) is 9.20. The summed E-state index contributed by atoms with van der Waals surface area (Å²) in [5.74, 6) is 1.86. The summed E-state index contributed by atoms with van der Waals surface area (Å²) >= 11 is 0. The van der Waals surface area contributed by atoms with Crippen molar-refractivity contribution in [1.29, 1.82) is 0 Å². The summed E-state index contributed by atoms with van der Waals surface area (Å²) in [4.78, 5) is 7.13. The Labute approximate surface area is 114 Å². The standard InChI is InChI=1S/C16H21N3/c1-11-7-12(2)19(10-11)16-15-6-4-3-5-14(15)13(8-17)9-18-16/h3-6,9,11-12H,7-8,10,17H2,1-2H3. The molecular formula is C16H21N3. The molecule has 2 aromatic rings. The normalized spacial score (nSPS) is 23.2. The van der Waals surface area contributed by atoms with E-state index in [1.54, 1.807) is 0 Å². The van der Waals surface area contributed by atoms with E-state index in [0.717, 1.165) is 23.8 Å². The van der Waals surface area contributed by atoms with Crippen molar-refractivity contribution in [2.75, 3.05) is 11.4 Å². The summed E-state index contributed by atoms with van der Waals surface area (Å²) in [7, 11) is 0. The van der Waals surface area contributed by atoms with Gasteiger partial charge in [-0.15, -0.1) is 0 Å². The second-order valence-corrected chi connectivity index (χ2v) is 5.70. The quantitative estimate of drug-likeness (QED) is 0.897. The molecule has 100 valence electrons. The highest BCUT2D eigenvalue weighted by Gasteiger charge is 2.28. The molecule has 1 aliphatic rings. The molecule has 0 bridgehead atoms. The van der Waals surface area contributed by atoms with Crippen LogP contribution in [0.3, 0.4) is 0 Å². The van der Waals surface area contributed by atoms with Crippen molar-refractivity contribution in [3.8, 4) is 0 Å². The Morgan fingerprint density at radius 1 is 1.26 bits per heavy atom. The molecule has 1 fully saturated rings. The van der Waals surface area contributed by atoms with Gasteiger partial charge in [-0.2, -0.15) is 0 Å². The van der Waals surface area contributed by atoms with Gasteiger partial charge in [-0.1, -0.05) is 31.2 Å². The molecule has 3 rings (SSSR count). The van der Waals surface area contributed by atoms with Crippen LogP contribution < -0.4 is 10.6 Å². The number of anilines is 1. The van der Waals surface area contributed by atoms with E-state index in [9.17, 15) is 0 Å². The molecule has 0 saturated carbocycles. The topological polar surface area (TPSA) is 42.2 Å². The molecular weight excluding hydrogens is 234 g/mol.